The maximum absolute atomic E-state index is 3.67. The summed E-state index contributed by atoms with van der Waals surface area (Å²) in [5, 5.41) is 3.67. The van der Waals surface area contributed by atoms with Gasteiger partial charge in [0, 0.05) is 43.3 Å². The molecule has 0 radical (unpaired) electrons. The van der Waals surface area contributed by atoms with Crippen molar-refractivity contribution >= 4 is 0 Å². The Hall–Kier alpha value is -0.120. The van der Waals surface area contributed by atoms with Crippen LogP contribution in [0.15, 0.2) is 0 Å². The smallest absolute Gasteiger partial charge is 0.0242 e. The molecule has 3 aliphatic heterocycles. The summed E-state index contributed by atoms with van der Waals surface area (Å²) in [6.45, 7) is 12.2. The molecule has 3 rings (SSSR count). The highest BCUT2D eigenvalue weighted by Gasteiger charge is 2.41. The normalized spacial score (nSPS) is 42.9. The van der Waals surface area contributed by atoms with E-state index in [4.69, 9.17) is 0 Å². The van der Waals surface area contributed by atoms with Gasteiger partial charge >= 0.3 is 0 Å². The van der Waals surface area contributed by atoms with Crippen LogP contribution in [0.4, 0.5) is 0 Å². The van der Waals surface area contributed by atoms with Crippen LogP contribution < -0.4 is 5.32 Å². The second kappa shape index (κ2) is 4.22. The van der Waals surface area contributed by atoms with Crippen LogP contribution in [0.25, 0.3) is 0 Å². The topological polar surface area (TPSA) is 18.5 Å². The first-order chi connectivity index (χ1) is 8.05. The van der Waals surface area contributed by atoms with Crippen molar-refractivity contribution in [3.05, 3.63) is 0 Å². The lowest BCUT2D eigenvalue weighted by molar-refractivity contribution is 0.0319. The fourth-order valence-electron chi connectivity index (χ4n) is 4.08. The van der Waals surface area contributed by atoms with E-state index in [1.165, 1.54) is 45.4 Å². The molecule has 17 heavy (non-hydrogen) atoms. The quantitative estimate of drug-likeness (QED) is 0.741. The van der Waals surface area contributed by atoms with Crippen LogP contribution in [0.3, 0.4) is 0 Å². The summed E-state index contributed by atoms with van der Waals surface area (Å²) in [7, 11) is 0. The Morgan fingerprint density at radius 2 is 2.00 bits per heavy atom. The number of nitrogens with one attached hydrogen (secondary N) is 1. The molecule has 0 aromatic heterocycles. The number of hydrogen-bond acceptors (Lipinski definition) is 3. The van der Waals surface area contributed by atoms with Crippen molar-refractivity contribution in [3.63, 3.8) is 0 Å². The number of hydrogen-bond donors (Lipinski definition) is 1. The first-order valence-corrected chi connectivity index (χ1v) is 7.30. The highest BCUT2D eigenvalue weighted by Crippen LogP contribution is 2.30. The summed E-state index contributed by atoms with van der Waals surface area (Å²) in [5.41, 5.74) is 0.344. The minimum absolute atomic E-state index is 0.344. The van der Waals surface area contributed by atoms with Crippen LogP contribution in [0, 0.1) is 0 Å². The van der Waals surface area contributed by atoms with Gasteiger partial charge in [-0.3, -0.25) is 9.80 Å². The van der Waals surface area contributed by atoms with E-state index in [1.54, 1.807) is 0 Å². The number of fused-ring (bicyclic) bond motifs is 1. The summed E-state index contributed by atoms with van der Waals surface area (Å²) in [5.74, 6) is 0. The molecule has 3 heterocycles. The van der Waals surface area contributed by atoms with Gasteiger partial charge in [0.05, 0.1) is 0 Å². The third kappa shape index (κ3) is 2.25. The minimum atomic E-state index is 0.344. The molecule has 1 N–H and O–H groups in total. The van der Waals surface area contributed by atoms with Crippen molar-refractivity contribution < 1.29 is 0 Å². The molecule has 0 spiro atoms. The van der Waals surface area contributed by atoms with Crippen LogP contribution in [0.1, 0.15) is 40.0 Å². The first kappa shape index (κ1) is 11.9. The van der Waals surface area contributed by atoms with Crippen LogP contribution in [0.2, 0.25) is 0 Å². The highest BCUT2D eigenvalue weighted by molar-refractivity contribution is 4.99. The van der Waals surface area contributed by atoms with E-state index in [0.717, 1.165) is 18.1 Å². The van der Waals surface area contributed by atoms with Crippen LogP contribution in [-0.4, -0.2) is 59.6 Å². The molecular formula is C14H27N3. The van der Waals surface area contributed by atoms with Crippen LogP contribution in [0.5, 0.6) is 0 Å². The molecule has 3 unspecified atom stereocenters. The molecule has 3 saturated heterocycles. The van der Waals surface area contributed by atoms with E-state index in [9.17, 15) is 0 Å². The van der Waals surface area contributed by atoms with Crippen LogP contribution in [-0.2, 0) is 0 Å². The molecule has 0 aromatic rings. The van der Waals surface area contributed by atoms with Crippen molar-refractivity contribution in [2.75, 3.05) is 26.2 Å². The molecule has 0 saturated carbocycles. The predicted octanol–water partition coefficient (Wildman–Crippen LogP) is 1.30. The van der Waals surface area contributed by atoms with Gasteiger partial charge in [0.15, 0.2) is 0 Å². The Kier molecular flexibility index (Phi) is 2.96. The maximum Gasteiger partial charge on any atom is 0.0242 e. The van der Waals surface area contributed by atoms with Crippen molar-refractivity contribution in [3.8, 4) is 0 Å². The zero-order chi connectivity index (χ0) is 12.0. The highest BCUT2D eigenvalue weighted by atomic mass is 15.3. The zero-order valence-electron chi connectivity index (χ0n) is 11.6. The third-order valence-corrected chi connectivity index (χ3v) is 5.02. The molecule has 3 atom stereocenters. The lowest BCUT2D eigenvalue weighted by atomic mass is 9.98. The van der Waals surface area contributed by atoms with Gasteiger partial charge in [-0.25, -0.2) is 0 Å². The first-order valence-electron chi connectivity index (χ1n) is 7.30. The SMILES string of the molecule is CC1CN2CCCC2CN1C1CNC(C)(C)C1. The molecule has 3 heteroatoms. The Bertz CT molecular complexity index is 289. The molecule has 3 fully saturated rings. The molecule has 3 aliphatic rings. The molecule has 0 aliphatic carbocycles. The van der Waals surface area contributed by atoms with E-state index in [-0.39, 0.29) is 0 Å². The monoisotopic (exact) mass is 237 g/mol. The summed E-state index contributed by atoms with van der Waals surface area (Å²) in [4.78, 5) is 5.50. The predicted molar refractivity (Wildman–Crippen MR) is 71.2 cm³/mol. The van der Waals surface area contributed by atoms with Crippen molar-refractivity contribution in [2.24, 2.45) is 0 Å². The largest absolute Gasteiger partial charge is 0.310 e. The maximum atomic E-state index is 3.67. The number of piperazine rings is 1. The van der Waals surface area contributed by atoms with Gasteiger partial charge in [0.25, 0.3) is 0 Å². The van der Waals surface area contributed by atoms with E-state index in [2.05, 4.69) is 35.9 Å². The molecule has 0 bridgehead atoms. The fraction of sp³-hybridized carbons (Fsp3) is 1.00. The Morgan fingerprint density at radius 3 is 2.71 bits per heavy atom. The van der Waals surface area contributed by atoms with E-state index >= 15 is 0 Å². The molecule has 3 nitrogen and oxygen atoms in total. The van der Waals surface area contributed by atoms with Crippen molar-refractivity contribution in [2.45, 2.75) is 63.7 Å². The number of rotatable bonds is 1. The lowest BCUT2D eigenvalue weighted by Gasteiger charge is -2.45. The van der Waals surface area contributed by atoms with Gasteiger partial charge < -0.3 is 5.32 Å². The lowest BCUT2D eigenvalue weighted by Crippen LogP contribution is -2.58. The second-order valence-electron chi connectivity index (χ2n) is 6.96. The zero-order valence-corrected chi connectivity index (χ0v) is 11.6. The average molecular weight is 237 g/mol. The molecule has 0 aromatic carbocycles. The summed E-state index contributed by atoms with van der Waals surface area (Å²) < 4.78 is 0. The van der Waals surface area contributed by atoms with Gasteiger partial charge in [-0.1, -0.05) is 0 Å². The third-order valence-electron chi connectivity index (χ3n) is 5.02. The second-order valence-corrected chi connectivity index (χ2v) is 6.96. The standard InChI is InChI=1S/C14H27N3/c1-11-9-16-6-4-5-12(16)10-17(11)13-7-14(2,3)15-8-13/h11-13,15H,4-10H2,1-3H3. The Balaban J connectivity index is 1.67. The van der Waals surface area contributed by atoms with Gasteiger partial charge in [-0.15, -0.1) is 0 Å². The van der Waals surface area contributed by atoms with Crippen LogP contribution >= 0.6 is 0 Å². The molecule has 0 amide bonds. The van der Waals surface area contributed by atoms with E-state index in [1.807, 2.05) is 0 Å². The van der Waals surface area contributed by atoms with Gasteiger partial charge in [-0.05, 0) is 46.6 Å². The summed E-state index contributed by atoms with van der Waals surface area (Å²) >= 11 is 0. The van der Waals surface area contributed by atoms with E-state index in [0.29, 0.717) is 5.54 Å². The fourth-order valence-corrected chi connectivity index (χ4v) is 4.08. The summed E-state index contributed by atoms with van der Waals surface area (Å²) in [6.07, 6.45) is 4.15. The average Bonchev–Trinajstić information content (AvgIpc) is 2.82. The number of nitrogens with zero attached hydrogens (tertiary/aromatic N) is 2. The van der Waals surface area contributed by atoms with E-state index < -0.39 is 0 Å². The van der Waals surface area contributed by atoms with Crippen molar-refractivity contribution in [1.82, 2.24) is 15.1 Å². The van der Waals surface area contributed by atoms with Crippen molar-refractivity contribution in [1.29, 1.82) is 0 Å². The molecule has 98 valence electrons. The summed E-state index contributed by atoms with van der Waals surface area (Å²) in [6, 6.07) is 2.36. The van der Waals surface area contributed by atoms with Gasteiger partial charge in [0.1, 0.15) is 0 Å². The Morgan fingerprint density at radius 1 is 1.18 bits per heavy atom. The minimum Gasteiger partial charge on any atom is -0.310 e. The Labute approximate surface area is 106 Å². The molecular weight excluding hydrogens is 210 g/mol. The van der Waals surface area contributed by atoms with Gasteiger partial charge in [-0.2, -0.15) is 0 Å². The van der Waals surface area contributed by atoms with Gasteiger partial charge in [0.2, 0.25) is 0 Å².